The molecular formula is C24H26F3NO4. The third-order valence-corrected chi connectivity index (χ3v) is 5.76. The normalized spacial score (nSPS) is 19.0. The van der Waals surface area contributed by atoms with E-state index >= 15 is 0 Å². The lowest BCUT2D eigenvalue weighted by Crippen LogP contribution is -2.52. The van der Waals surface area contributed by atoms with E-state index in [4.69, 9.17) is 9.47 Å². The molecule has 0 aromatic heterocycles. The van der Waals surface area contributed by atoms with Crippen LogP contribution >= 0.6 is 0 Å². The van der Waals surface area contributed by atoms with E-state index in [1.54, 1.807) is 18.2 Å². The summed E-state index contributed by atoms with van der Waals surface area (Å²) in [6, 6.07) is 14.0. The van der Waals surface area contributed by atoms with Crippen LogP contribution in [0.25, 0.3) is 0 Å². The molecule has 1 saturated heterocycles. The molecule has 2 aromatic rings. The van der Waals surface area contributed by atoms with E-state index in [-0.39, 0.29) is 11.3 Å². The lowest BCUT2D eigenvalue weighted by molar-refractivity contribution is -0.278. The molecule has 0 amide bonds. The van der Waals surface area contributed by atoms with Crippen molar-refractivity contribution < 1.29 is 32.2 Å². The first kappa shape index (κ1) is 23.8. The smallest absolute Gasteiger partial charge is 0.432 e. The van der Waals surface area contributed by atoms with Gasteiger partial charge in [0, 0.05) is 43.4 Å². The van der Waals surface area contributed by atoms with Crippen molar-refractivity contribution in [3.8, 4) is 0 Å². The number of ether oxygens (including phenoxy) is 2. The summed E-state index contributed by atoms with van der Waals surface area (Å²) in [5.74, 6) is -1.48. The summed E-state index contributed by atoms with van der Waals surface area (Å²) in [6.07, 6.45) is -4.18. The number of carbonyl (C=O) groups is 2. The van der Waals surface area contributed by atoms with Gasteiger partial charge in [0.05, 0.1) is 0 Å². The fraction of sp³-hybridized carbons (Fsp3) is 0.417. The van der Waals surface area contributed by atoms with E-state index in [9.17, 15) is 22.8 Å². The SMILES string of the molecule is COC(C(=O)OC1CCCN(c2ccc(C(C)=O)cc2)CC1)(c1ccccc1)C(F)(F)F. The Hall–Kier alpha value is -2.87. The zero-order valence-corrected chi connectivity index (χ0v) is 18.0. The zero-order valence-electron chi connectivity index (χ0n) is 18.0. The predicted molar refractivity (Wildman–Crippen MR) is 114 cm³/mol. The summed E-state index contributed by atoms with van der Waals surface area (Å²) in [4.78, 5) is 26.4. The molecule has 3 rings (SSSR count). The van der Waals surface area contributed by atoms with Crippen LogP contribution in [0.2, 0.25) is 0 Å². The van der Waals surface area contributed by atoms with Gasteiger partial charge in [-0.2, -0.15) is 13.2 Å². The molecular weight excluding hydrogens is 423 g/mol. The highest BCUT2D eigenvalue weighted by Gasteiger charge is 2.64. The van der Waals surface area contributed by atoms with Crippen molar-refractivity contribution in [1.82, 2.24) is 0 Å². The average molecular weight is 449 g/mol. The van der Waals surface area contributed by atoms with Crippen LogP contribution in [0.3, 0.4) is 0 Å². The fourth-order valence-corrected chi connectivity index (χ4v) is 3.97. The highest BCUT2D eigenvalue weighted by Crippen LogP contribution is 2.43. The molecule has 1 aliphatic rings. The number of halogens is 3. The van der Waals surface area contributed by atoms with Gasteiger partial charge < -0.3 is 14.4 Å². The third-order valence-electron chi connectivity index (χ3n) is 5.76. The molecule has 8 heteroatoms. The molecule has 1 heterocycles. The first-order chi connectivity index (χ1) is 15.2. The van der Waals surface area contributed by atoms with Gasteiger partial charge in [-0.3, -0.25) is 4.79 Å². The number of hydrogen-bond donors (Lipinski definition) is 0. The van der Waals surface area contributed by atoms with Crippen molar-refractivity contribution in [2.24, 2.45) is 0 Å². The van der Waals surface area contributed by atoms with Gasteiger partial charge >= 0.3 is 12.1 Å². The molecule has 172 valence electrons. The van der Waals surface area contributed by atoms with Crippen LogP contribution < -0.4 is 4.90 Å². The van der Waals surface area contributed by atoms with Crippen molar-refractivity contribution in [1.29, 1.82) is 0 Å². The Kier molecular flexibility index (Phi) is 7.23. The number of methoxy groups -OCH3 is 1. The van der Waals surface area contributed by atoms with Gasteiger partial charge in [-0.1, -0.05) is 30.3 Å². The Morgan fingerprint density at radius 1 is 0.969 bits per heavy atom. The van der Waals surface area contributed by atoms with Gasteiger partial charge in [0.2, 0.25) is 0 Å². The highest BCUT2D eigenvalue weighted by atomic mass is 19.4. The second kappa shape index (κ2) is 9.73. The van der Waals surface area contributed by atoms with E-state index in [1.165, 1.54) is 31.2 Å². The summed E-state index contributed by atoms with van der Waals surface area (Å²) in [6.45, 7) is 2.67. The number of benzene rings is 2. The van der Waals surface area contributed by atoms with Gasteiger partial charge in [-0.25, -0.2) is 4.79 Å². The Morgan fingerprint density at radius 3 is 2.19 bits per heavy atom. The topological polar surface area (TPSA) is 55.8 Å². The van der Waals surface area contributed by atoms with E-state index in [0.29, 0.717) is 37.9 Å². The molecule has 32 heavy (non-hydrogen) atoms. The molecule has 1 aliphatic heterocycles. The van der Waals surface area contributed by atoms with Gasteiger partial charge in [-0.05, 0) is 44.0 Å². The molecule has 2 unspecified atom stereocenters. The standard InChI is InChI=1S/C24H26F3NO4/c1-17(29)18-10-12-20(13-11-18)28-15-6-9-21(14-16-28)32-22(30)23(31-2,24(25,26)27)19-7-4-3-5-8-19/h3-5,7-8,10-13,21H,6,9,14-16H2,1-2H3. The number of anilines is 1. The Balaban J connectivity index is 1.73. The molecule has 1 fully saturated rings. The zero-order chi connectivity index (χ0) is 23.4. The van der Waals surface area contributed by atoms with Crippen LogP contribution in [0.5, 0.6) is 0 Å². The Bertz CT molecular complexity index is 931. The summed E-state index contributed by atoms with van der Waals surface area (Å²) in [5, 5.41) is 0. The maximum atomic E-state index is 14.1. The van der Waals surface area contributed by atoms with Crippen LogP contribution in [0, 0.1) is 0 Å². The van der Waals surface area contributed by atoms with E-state index in [1.807, 2.05) is 12.1 Å². The number of esters is 1. The highest BCUT2D eigenvalue weighted by molar-refractivity contribution is 5.94. The third kappa shape index (κ3) is 4.80. The monoisotopic (exact) mass is 449 g/mol. The predicted octanol–water partition coefficient (Wildman–Crippen LogP) is 4.90. The second-order valence-electron chi connectivity index (χ2n) is 7.80. The first-order valence-corrected chi connectivity index (χ1v) is 10.4. The van der Waals surface area contributed by atoms with Crippen molar-refractivity contribution in [3.63, 3.8) is 0 Å². The minimum Gasteiger partial charge on any atom is -0.460 e. The Labute approximate surface area is 185 Å². The summed E-state index contributed by atoms with van der Waals surface area (Å²) in [7, 11) is 0.862. The van der Waals surface area contributed by atoms with Gasteiger partial charge in [0.25, 0.3) is 5.60 Å². The lowest BCUT2D eigenvalue weighted by atomic mass is 9.92. The number of Topliss-reactive ketones (excluding diaryl/α,β-unsaturated/α-hetero) is 1. The molecule has 0 aliphatic carbocycles. The molecule has 5 nitrogen and oxygen atoms in total. The van der Waals surface area contributed by atoms with Gasteiger partial charge in [0.1, 0.15) is 6.10 Å². The number of hydrogen-bond acceptors (Lipinski definition) is 5. The number of alkyl halides is 3. The maximum Gasteiger partial charge on any atom is 0.432 e. The maximum absolute atomic E-state index is 14.1. The molecule has 0 saturated carbocycles. The quantitative estimate of drug-likeness (QED) is 0.464. The molecule has 0 bridgehead atoms. The van der Waals surface area contributed by atoms with Crippen LogP contribution in [-0.2, 0) is 19.9 Å². The van der Waals surface area contributed by atoms with E-state index in [2.05, 4.69) is 4.90 Å². The number of rotatable bonds is 6. The molecule has 0 N–H and O–H groups in total. The number of carbonyl (C=O) groups excluding carboxylic acids is 2. The molecule has 2 aromatic carbocycles. The Morgan fingerprint density at radius 2 is 1.62 bits per heavy atom. The summed E-state index contributed by atoms with van der Waals surface area (Å²) >= 11 is 0. The number of nitrogens with zero attached hydrogens (tertiary/aromatic N) is 1. The van der Waals surface area contributed by atoms with Crippen LogP contribution in [-0.4, -0.2) is 44.2 Å². The van der Waals surface area contributed by atoms with Gasteiger partial charge in [0.15, 0.2) is 5.78 Å². The van der Waals surface area contributed by atoms with Crippen LogP contribution in [0.15, 0.2) is 54.6 Å². The van der Waals surface area contributed by atoms with Crippen molar-refractivity contribution in [2.75, 3.05) is 25.1 Å². The van der Waals surface area contributed by atoms with Crippen molar-refractivity contribution in [2.45, 2.75) is 44.1 Å². The van der Waals surface area contributed by atoms with E-state index in [0.717, 1.165) is 12.8 Å². The van der Waals surface area contributed by atoms with Crippen LogP contribution in [0.1, 0.15) is 42.1 Å². The van der Waals surface area contributed by atoms with E-state index < -0.39 is 23.9 Å². The fourth-order valence-electron chi connectivity index (χ4n) is 3.97. The molecule has 0 radical (unpaired) electrons. The second-order valence-corrected chi connectivity index (χ2v) is 7.80. The average Bonchev–Trinajstić information content (AvgIpc) is 3.00. The molecule has 2 atom stereocenters. The molecule has 0 spiro atoms. The largest absolute Gasteiger partial charge is 0.460 e. The van der Waals surface area contributed by atoms with Crippen molar-refractivity contribution in [3.05, 3.63) is 65.7 Å². The summed E-state index contributed by atoms with van der Waals surface area (Å²) in [5.41, 5.74) is -1.98. The number of ketones is 1. The minimum absolute atomic E-state index is 0.0240. The summed E-state index contributed by atoms with van der Waals surface area (Å²) < 4.78 is 52.4. The van der Waals surface area contributed by atoms with Crippen LogP contribution in [0.4, 0.5) is 18.9 Å². The minimum atomic E-state index is -4.99. The first-order valence-electron chi connectivity index (χ1n) is 10.4. The van der Waals surface area contributed by atoms with Crippen molar-refractivity contribution >= 4 is 17.4 Å². The van der Waals surface area contributed by atoms with Gasteiger partial charge in [-0.15, -0.1) is 0 Å². The lowest BCUT2D eigenvalue weighted by Gasteiger charge is -2.33.